The Labute approximate surface area is 121 Å². The van der Waals surface area contributed by atoms with E-state index in [2.05, 4.69) is 10.6 Å². The van der Waals surface area contributed by atoms with Crippen LogP contribution in [0.3, 0.4) is 0 Å². The zero-order valence-electron chi connectivity index (χ0n) is 11.2. The fraction of sp³-hybridized carbons (Fsp3) is 0.188. The Bertz CT molecular complexity index is 701. The molecule has 0 radical (unpaired) electrons. The van der Waals surface area contributed by atoms with Gasteiger partial charge in [0.2, 0.25) is 0 Å². The maximum Gasteiger partial charge on any atom is 0.251 e. The van der Waals surface area contributed by atoms with Gasteiger partial charge in [-0.2, -0.15) is 0 Å². The van der Waals surface area contributed by atoms with Gasteiger partial charge in [-0.1, -0.05) is 6.07 Å². The molecule has 21 heavy (non-hydrogen) atoms. The second-order valence-corrected chi connectivity index (χ2v) is 5.01. The third-order valence-corrected chi connectivity index (χ3v) is 3.55. The third-order valence-electron chi connectivity index (χ3n) is 3.55. The van der Waals surface area contributed by atoms with Gasteiger partial charge in [-0.05, 0) is 41.5 Å². The van der Waals surface area contributed by atoms with E-state index in [1.165, 1.54) is 5.56 Å². The summed E-state index contributed by atoms with van der Waals surface area (Å²) in [5, 5.41) is 5.81. The lowest BCUT2D eigenvalue weighted by molar-refractivity contribution is 0.0950. The molecule has 5 heteroatoms. The van der Waals surface area contributed by atoms with Crippen LogP contribution in [0, 0.1) is 11.6 Å². The number of rotatable bonds is 3. The summed E-state index contributed by atoms with van der Waals surface area (Å²) >= 11 is 0. The molecule has 0 atom stereocenters. The molecular weight excluding hydrogens is 274 g/mol. The summed E-state index contributed by atoms with van der Waals surface area (Å²) in [5.41, 5.74) is 2.93. The molecule has 2 aromatic carbocycles. The van der Waals surface area contributed by atoms with E-state index in [-0.39, 0.29) is 18.0 Å². The second kappa shape index (κ2) is 5.61. The summed E-state index contributed by atoms with van der Waals surface area (Å²) < 4.78 is 26.5. The monoisotopic (exact) mass is 288 g/mol. The third kappa shape index (κ3) is 2.92. The molecule has 108 valence electrons. The van der Waals surface area contributed by atoms with E-state index >= 15 is 0 Å². The smallest absolute Gasteiger partial charge is 0.251 e. The fourth-order valence-electron chi connectivity index (χ4n) is 2.39. The minimum absolute atomic E-state index is 0.0439. The standard InChI is InChI=1S/C16H14F2N2O/c17-14-3-4-15(18)13(6-14)9-20-16(21)10-1-2-11-7-19-8-12(11)5-10/h1-6,19H,7-9H2,(H,20,21). The van der Waals surface area contributed by atoms with Crippen molar-refractivity contribution in [1.82, 2.24) is 10.6 Å². The number of carbonyl (C=O) groups excluding carboxylic acids is 1. The number of fused-ring (bicyclic) bond motifs is 1. The average Bonchev–Trinajstić information content (AvgIpc) is 2.95. The summed E-state index contributed by atoms with van der Waals surface area (Å²) in [6.07, 6.45) is 0. The van der Waals surface area contributed by atoms with Crippen molar-refractivity contribution in [2.24, 2.45) is 0 Å². The van der Waals surface area contributed by atoms with E-state index in [4.69, 9.17) is 0 Å². The topological polar surface area (TPSA) is 41.1 Å². The van der Waals surface area contributed by atoms with Crippen LogP contribution < -0.4 is 10.6 Å². The van der Waals surface area contributed by atoms with Crippen LogP contribution >= 0.6 is 0 Å². The fourth-order valence-corrected chi connectivity index (χ4v) is 2.39. The van der Waals surface area contributed by atoms with E-state index in [9.17, 15) is 13.6 Å². The maximum absolute atomic E-state index is 13.5. The van der Waals surface area contributed by atoms with Crippen LogP contribution in [0.15, 0.2) is 36.4 Å². The van der Waals surface area contributed by atoms with Crippen molar-refractivity contribution in [2.75, 3.05) is 0 Å². The minimum Gasteiger partial charge on any atom is -0.348 e. The summed E-state index contributed by atoms with van der Waals surface area (Å²) in [6.45, 7) is 1.51. The Kier molecular flexibility index (Phi) is 3.66. The van der Waals surface area contributed by atoms with E-state index in [0.717, 1.165) is 36.9 Å². The molecule has 1 aliphatic heterocycles. The molecule has 1 aliphatic rings. The van der Waals surface area contributed by atoms with E-state index in [1.54, 1.807) is 6.07 Å². The highest BCUT2D eigenvalue weighted by Gasteiger charge is 2.14. The first-order valence-electron chi connectivity index (χ1n) is 6.68. The largest absolute Gasteiger partial charge is 0.348 e. The molecule has 2 aromatic rings. The molecule has 0 fully saturated rings. The Morgan fingerprint density at radius 3 is 2.76 bits per heavy atom. The van der Waals surface area contributed by atoms with Gasteiger partial charge in [-0.25, -0.2) is 8.78 Å². The van der Waals surface area contributed by atoms with Crippen molar-refractivity contribution in [3.63, 3.8) is 0 Å². The Morgan fingerprint density at radius 1 is 1.10 bits per heavy atom. The predicted molar refractivity (Wildman–Crippen MR) is 74.5 cm³/mol. The van der Waals surface area contributed by atoms with Crippen LogP contribution in [-0.2, 0) is 19.6 Å². The van der Waals surface area contributed by atoms with E-state index < -0.39 is 11.6 Å². The number of halogens is 2. The highest BCUT2D eigenvalue weighted by Crippen LogP contribution is 2.17. The molecule has 1 amide bonds. The molecule has 0 aliphatic carbocycles. The first kappa shape index (κ1) is 13.7. The quantitative estimate of drug-likeness (QED) is 0.911. The van der Waals surface area contributed by atoms with Crippen molar-refractivity contribution in [3.8, 4) is 0 Å². The van der Waals surface area contributed by atoms with Gasteiger partial charge in [0.25, 0.3) is 5.91 Å². The number of amides is 1. The highest BCUT2D eigenvalue weighted by molar-refractivity contribution is 5.94. The van der Waals surface area contributed by atoms with E-state index in [1.807, 2.05) is 12.1 Å². The van der Waals surface area contributed by atoms with Crippen LogP contribution in [0.25, 0.3) is 0 Å². The molecule has 1 heterocycles. The van der Waals surface area contributed by atoms with Crippen molar-refractivity contribution >= 4 is 5.91 Å². The Balaban J connectivity index is 1.70. The normalized spacial score (nSPS) is 13.0. The van der Waals surface area contributed by atoms with E-state index in [0.29, 0.717) is 5.56 Å². The molecule has 3 rings (SSSR count). The van der Waals surface area contributed by atoms with Crippen LogP contribution in [0.5, 0.6) is 0 Å². The van der Waals surface area contributed by atoms with Gasteiger partial charge >= 0.3 is 0 Å². The first-order valence-corrected chi connectivity index (χ1v) is 6.68. The maximum atomic E-state index is 13.5. The lowest BCUT2D eigenvalue weighted by Crippen LogP contribution is -2.23. The molecule has 0 bridgehead atoms. The SMILES string of the molecule is O=C(NCc1cc(F)ccc1F)c1ccc2c(c1)CNC2. The molecule has 0 saturated carbocycles. The van der Waals surface area contributed by atoms with Gasteiger partial charge in [0.15, 0.2) is 0 Å². The van der Waals surface area contributed by atoms with Gasteiger partial charge < -0.3 is 10.6 Å². The first-order chi connectivity index (χ1) is 10.1. The number of benzene rings is 2. The number of carbonyl (C=O) groups is 1. The Hall–Kier alpha value is -2.27. The molecule has 3 nitrogen and oxygen atoms in total. The van der Waals surface area contributed by atoms with Crippen molar-refractivity contribution in [1.29, 1.82) is 0 Å². The van der Waals surface area contributed by atoms with Crippen LogP contribution in [0.2, 0.25) is 0 Å². The summed E-state index contributed by atoms with van der Waals surface area (Å²) in [6, 6.07) is 8.66. The summed E-state index contributed by atoms with van der Waals surface area (Å²) in [5.74, 6) is -1.35. The van der Waals surface area contributed by atoms with Crippen molar-refractivity contribution in [2.45, 2.75) is 19.6 Å². The minimum atomic E-state index is -0.533. The van der Waals surface area contributed by atoms with Crippen LogP contribution in [0.1, 0.15) is 27.0 Å². The Morgan fingerprint density at radius 2 is 1.90 bits per heavy atom. The average molecular weight is 288 g/mol. The van der Waals surface area contributed by atoms with Crippen LogP contribution in [-0.4, -0.2) is 5.91 Å². The second-order valence-electron chi connectivity index (χ2n) is 5.01. The van der Waals surface area contributed by atoms with Gasteiger partial charge in [0, 0.05) is 30.8 Å². The van der Waals surface area contributed by atoms with Gasteiger partial charge in [0.05, 0.1) is 0 Å². The van der Waals surface area contributed by atoms with Crippen LogP contribution in [0.4, 0.5) is 8.78 Å². The lowest BCUT2D eigenvalue weighted by Gasteiger charge is -2.08. The molecular formula is C16H14F2N2O. The van der Waals surface area contributed by atoms with Crippen molar-refractivity contribution < 1.29 is 13.6 Å². The zero-order valence-corrected chi connectivity index (χ0v) is 11.2. The molecule has 0 saturated heterocycles. The highest BCUT2D eigenvalue weighted by atomic mass is 19.1. The van der Waals surface area contributed by atoms with Gasteiger partial charge in [-0.3, -0.25) is 4.79 Å². The number of nitrogens with one attached hydrogen (secondary N) is 2. The summed E-state index contributed by atoms with van der Waals surface area (Å²) in [7, 11) is 0. The van der Waals surface area contributed by atoms with Gasteiger partial charge in [0.1, 0.15) is 11.6 Å². The zero-order chi connectivity index (χ0) is 14.8. The summed E-state index contributed by atoms with van der Waals surface area (Å²) in [4.78, 5) is 12.1. The van der Waals surface area contributed by atoms with Crippen molar-refractivity contribution in [3.05, 3.63) is 70.3 Å². The van der Waals surface area contributed by atoms with Gasteiger partial charge in [-0.15, -0.1) is 0 Å². The number of hydrogen-bond donors (Lipinski definition) is 2. The molecule has 2 N–H and O–H groups in total. The molecule has 0 spiro atoms. The number of hydrogen-bond acceptors (Lipinski definition) is 2. The molecule has 0 aromatic heterocycles. The lowest BCUT2D eigenvalue weighted by atomic mass is 10.1. The molecule has 0 unspecified atom stereocenters. The predicted octanol–water partition coefficient (Wildman–Crippen LogP) is 2.50.